The second-order valence-electron chi connectivity index (χ2n) is 4.45. The molecular weight excluding hydrogens is 308 g/mol. The number of rotatable bonds is 2. The lowest BCUT2D eigenvalue weighted by Gasteiger charge is -2.30. The molecule has 0 aliphatic carbocycles. The Hall–Kier alpha value is -2.07. The minimum absolute atomic E-state index is 0.288. The van der Waals surface area contributed by atoms with Gasteiger partial charge in [0.1, 0.15) is 17.7 Å². The van der Waals surface area contributed by atoms with Gasteiger partial charge in [0, 0.05) is 5.69 Å². The number of sulfonamides is 1. The molecule has 2 amide bonds. The molecule has 0 bridgehead atoms. The smallest absolute Gasteiger partial charge is 0.250 e. The molecule has 0 aromatic heterocycles. The molecule has 1 fully saturated rings. The van der Waals surface area contributed by atoms with Crippen molar-refractivity contribution in [2.24, 2.45) is 0 Å². The van der Waals surface area contributed by atoms with E-state index in [1.807, 2.05) is 5.32 Å². The van der Waals surface area contributed by atoms with Gasteiger partial charge in [-0.05, 0) is 19.1 Å². The first kappa shape index (κ1) is 15.3. The van der Waals surface area contributed by atoms with E-state index in [9.17, 15) is 26.8 Å². The maximum absolute atomic E-state index is 13.8. The fourth-order valence-electron chi connectivity index (χ4n) is 1.93. The van der Waals surface area contributed by atoms with Crippen molar-refractivity contribution in [2.45, 2.75) is 17.9 Å². The van der Waals surface area contributed by atoms with Gasteiger partial charge in [-0.1, -0.05) is 0 Å². The van der Waals surface area contributed by atoms with Crippen LogP contribution in [0.1, 0.15) is 6.92 Å². The van der Waals surface area contributed by atoms with E-state index < -0.39 is 51.0 Å². The Bertz CT molecular complexity index is 712. The second kappa shape index (κ2) is 5.04. The lowest BCUT2D eigenvalue weighted by atomic mass is 10.2. The standard InChI is InChI=1S/C11H11F2N3O4S/c1-5-11(18)15-9(17)4-16(5)21(19,20)10-7(12)2-6(14)3-8(10)13/h2-3,5H,4,14H2,1H3,(H,15,17,18). The molecule has 2 rings (SSSR count). The van der Waals surface area contributed by atoms with Crippen LogP contribution >= 0.6 is 0 Å². The molecule has 3 N–H and O–H groups in total. The Kier molecular flexibility index (Phi) is 3.68. The van der Waals surface area contributed by atoms with Crippen molar-refractivity contribution in [3.05, 3.63) is 23.8 Å². The van der Waals surface area contributed by atoms with Gasteiger partial charge in [-0.15, -0.1) is 0 Å². The normalized spacial score (nSPS) is 20.4. The third-order valence-corrected chi connectivity index (χ3v) is 4.93. The fraction of sp³-hybridized carbons (Fsp3) is 0.273. The van der Waals surface area contributed by atoms with Crippen LogP contribution in [0.4, 0.5) is 14.5 Å². The van der Waals surface area contributed by atoms with Gasteiger partial charge in [0.05, 0.1) is 6.54 Å². The lowest BCUT2D eigenvalue weighted by molar-refractivity contribution is -0.136. The Morgan fingerprint density at radius 3 is 2.33 bits per heavy atom. The monoisotopic (exact) mass is 319 g/mol. The topological polar surface area (TPSA) is 110 Å². The molecule has 114 valence electrons. The molecule has 10 heteroatoms. The van der Waals surface area contributed by atoms with Crippen molar-refractivity contribution in [2.75, 3.05) is 12.3 Å². The molecule has 0 radical (unpaired) electrons. The zero-order valence-corrected chi connectivity index (χ0v) is 11.6. The number of nitrogens with one attached hydrogen (secondary N) is 1. The van der Waals surface area contributed by atoms with Crippen molar-refractivity contribution >= 4 is 27.5 Å². The molecule has 1 aromatic carbocycles. The first-order chi connectivity index (χ1) is 9.64. The van der Waals surface area contributed by atoms with Gasteiger partial charge >= 0.3 is 0 Å². The Balaban J connectivity index is 2.57. The number of anilines is 1. The summed E-state index contributed by atoms with van der Waals surface area (Å²) in [6.45, 7) is 0.491. The maximum atomic E-state index is 13.8. The fourth-order valence-corrected chi connectivity index (χ4v) is 3.57. The van der Waals surface area contributed by atoms with Crippen molar-refractivity contribution in [1.82, 2.24) is 9.62 Å². The summed E-state index contributed by atoms with van der Waals surface area (Å²) >= 11 is 0. The molecule has 0 saturated carbocycles. The van der Waals surface area contributed by atoms with E-state index in [4.69, 9.17) is 5.73 Å². The molecule has 1 aliphatic rings. The van der Waals surface area contributed by atoms with E-state index >= 15 is 0 Å². The minimum atomic E-state index is -4.71. The SMILES string of the molecule is CC1C(=O)NC(=O)CN1S(=O)(=O)c1c(F)cc(N)cc1F. The molecule has 1 heterocycles. The quantitative estimate of drug-likeness (QED) is 0.568. The Labute approximate surface area is 118 Å². The number of benzene rings is 1. The number of hydrogen-bond donors (Lipinski definition) is 2. The summed E-state index contributed by atoms with van der Waals surface area (Å²) in [7, 11) is -4.71. The first-order valence-electron chi connectivity index (χ1n) is 5.74. The number of nitrogens with two attached hydrogens (primary N) is 1. The number of halogens is 2. The summed E-state index contributed by atoms with van der Waals surface area (Å²) in [5.41, 5.74) is 4.93. The summed E-state index contributed by atoms with van der Waals surface area (Å²) in [4.78, 5) is 21.5. The van der Waals surface area contributed by atoms with Crippen LogP contribution < -0.4 is 11.1 Å². The zero-order valence-electron chi connectivity index (χ0n) is 10.8. The van der Waals surface area contributed by atoms with Gasteiger partial charge in [0.25, 0.3) is 0 Å². The molecule has 1 aliphatic heterocycles. The summed E-state index contributed by atoms with van der Waals surface area (Å²) in [5.74, 6) is -4.53. The van der Waals surface area contributed by atoms with Crippen LogP contribution in [0, 0.1) is 11.6 Å². The van der Waals surface area contributed by atoms with Crippen LogP contribution in [0.5, 0.6) is 0 Å². The van der Waals surface area contributed by atoms with Gasteiger partial charge in [-0.2, -0.15) is 4.31 Å². The van der Waals surface area contributed by atoms with Crippen LogP contribution in [0.3, 0.4) is 0 Å². The highest BCUT2D eigenvalue weighted by atomic mass is 32.2. The predicted octanol–water partition coefficient (Wildman–Crippen LogP) is -0.417. The van der Waals surface area contributed by atoms with Gasteiger partial charge in [0.2, 0.25) is 21.8 Å². The van der Waals surface area contributed by atoms with Crippen molar-refractivity contribution in [1.29, 1.82) is 0 Å². The highest BCUT2D eigenvalue weighted by molar-refractivity contribution is 7.89. The third kappa shape index (κ3) is 2.59. The molecule has 1 atom stereocenters. The van der Waals surface area contributed by atoms with Crippen LogP contribution in [0.2, 0.25) is 0 Å². The number of hydrogen-bond acceptors (Lipinski definition) is 5. The maximum Gasteiger partial charge on any atom is 0.250 e. The van der Waals surface area contributed by atoms with Gasteiger partial charge in [-0.3, -0.25) is 14.9 Å². The largest absolute Gasteiger partial charge is 0.399 e. The minimum Gasteiger partial charge on any atom is -0.399 e. The Morgan fingerprint density at radius 1 is 1.29 bits per heavy atom. The van der Waals surface area contributed by atoms with Gasteiger partial charge < -0.3 is 5.73 Å². The van der Waals surface area contributed by atoms with Gasteiger partial charge in [0.15, 0.2) is 4.90 Å². The number of piperazine rings is 1. The number of nitrogens with zero attached hydrogens (tertiary/aromatic N) is 1. The van der Waals surface area contributed by atoms with Crippen molar-refractivity contribution < 1.29 is 26.8 Å². The van der Waals surface area contributed by atoms with E-state index in [0.717, 1.165) is 0 Å². The van der Waals surface area contributed by atoms with Gasteiger partial charge in [-0.25, -0.2) is 17.2 Å². The number of imide groups is 1. The average Bonchev–Trinajstić information content (AvgIpc) is 2.31. The molecule has 7 nitrogen and oxygen atoms in total. The van der Waals surface area contributed by atoms with E-state index in [0.29, 0.717) is 16.4 Å². The summed E-state index contributed by atoms with van der Waals surface area (Å²) in [6.07, 6.45) is 0. The van der Waals surface area contributed by atoms with E-state index in [2.05, 4.69) is 0 Å². The lowest BCUT2D eigenvalue weighted by Crippen LogP contribution is -2.58. The predicted molar refractivity (Wildman–Crippen MR) is 67.3 cm³/mol. The van der Waals surface area contributed by atoms with E-state index in [-0.39, 0.29) is 5.69 Å². The average molecular weight is 319 g/mol. The summed E-state index contributed by atoms with van der Waals surface area (Å²) in [5, 5.41) is 1.93. The van der Waals surface area contributed by atoms with E-state index in [1.54, 1.807) is 0 Å². The van der Waals surface area contributed by atoms with Crippen molar-refractivity contribution in [3.63, 3.8) is 0 Å². The zero-order chi connectivity index (χ0) is 15.9. The first-order valence-corrected chi connectivity index (χ1v) is 7.18. The van der Waals surface area contributed by atoms with Crippen LogP contribution in [0.15, 0.2) is 17.0 Å². The number of amides is 2. The second-order valence-corrected chi connectivity index (χ2v) is 6.28. The highest BCUT2D eigenvalue weighted by Gasteiger charge is 2.41. The molecule has 1 saturated heterocycles. The molecule has 1 unspecified atom stereocenters. The van der Waals surface area contributed by atoms with Crippen LogP contribution in [-0.4, -0.2) is 37.1 Å². The molecular formula is C11H11F2N3O4S. The summed E-state index contributed by atoms with van der Waals surface area (Å²) < 4.78 is 52.6. The Morgan fingerprint density at radius 2 is 1.81 bits per heavy atom. The van der Waals surface area contributed by atoms with Crippen molar-refractivity contribution in [3.8, 4) is 0 Å². The highest BCUT2D eigenvalue weighted by Crippen LogP contribution is 2.27. The van der Waals surface area contributed by atoms with Crippen LogP contribution in [0.25, 0.3) is 0 Å². The van der Waals surface area contributed by atoms with E-state index in [1.165, 1.54) is 6.92 Å². The molecule has 21 heavy (non-hydrogen) atoms. The molecule has 1 aromatic rings. The number of carbonyl (C=O) groups excluding carboxylic acids is 2. The number of nitrogen functional groups attached to an aromatic ring is 1. The van der Waals surface area contributed by atoms with Crippen LogP contribution in [-0.2, 0) is 19.6 Å². The number of carbonyl (C=O) groups is 2. The molecule has 0 spiro atoms. The summed E-state index contributed by atoms with van der Waals surface area (Å²) in [6, 6.07) is 0.0166. The third-order valence-electron chi connectivity index (χ3n) is 2.96.